The molecule has 2 N–H and O–H groups in total. The number of benzene rings is 2. The number of hydrogen-bond donors (Lipinski definition) is 2. The number of hydrogen-bond acceptors (Lipinski definition) is 4. The third kappa shape index (κ3) is 6.07. The van der Waals surface area contributed by atoms with Crippen molar-refractivity contribution in [2.24, 2.45) is 5.92 Å². The van der Waals surface area contributed by atoms with Gasteiger partial charge >= 0.3 is 0 Å². The smallest absolute Gasteiger partial charge is 0.241 e. The summed E-state index contributed by atoms with van der Waals surface area (Å²) in [6.45, 7) is 6.50. The average molecular weight is 410 g/mol. The number of carbonyl (C=O) groups is 2. The summed E-state index contributed by atoms with van der Waals surface area (Å²) in [7, 11) is 0. The summed E-state index contributed by atoms with van der Waals surface area (Å²) >= 11 is 0. The molecule has 2 aromatic rings. The van der Waals surface area contributed by atoms with Gasteiger partial charge in [0.05, 0.1) is 12.6 Å². The molecule has 2 aromatic carbocycles. The highest BCUT2D eigenvalue weighted by atomic mass is 16.5. The van der Waals surface area contributed by atoms with Crippen molar-refractivity contribution in [3.05, 3.63) is 60.2 Å². The third-order valence-electron chi connectivity index (χ3n) is 5.57. The van der Waals surface area contributed by atoms with Crippen LogP contribution in [-0.2, 0) is 16.1 Å². The Hall–Kier alpha value is -2.86. The van der Waals surface area contributed by atoms with Crippen molar-refractivity contribution in [3.8, 4) is 5.75 Å². The van der Waals surface area contributed by atoms with E-state index in [4.69, 9.17) is 4.74 Å². The van der Waals surface area contributed by atoms with Gasteiger partial charge in [0.25, 0.3) is 0 Å². The molecule has 0 spiro atoms. The highest BCUT2D eigenvalue weighted by Crippen LogP contribution is 2.21. The molecule has 0 bridgehead atoms. The van der Waals surface area contributed by atoms with E-state index < -0.39 is 0 Å². The number of nitrogens with one attached hydrogen (secondary N) is 2. The summed E-state index contributed by atoms with van der Waals surface area (Å²) in [4.78, 5) is 27.3. The van der Waals surface area contributed by atoms with E-state index in [1.807, 2.05) is 68.4 Å². The molecule has 1 heterocycles. The van der Waals surface area contributed by atoms with Crippen LogP contribution in [0.3, 0.4) is 0 Å². The lowest BCUT2D eigenvalue weighted by Gasteiger charge is -2.34. The molecule has 1 saturated heterocycles. The molecule has 1 atom stereocenters. The molecule has 1 aliphatic rings. The maximum atomic E-state index is 12.6. The third-order valence-corrected chi connectivity index (χ3v) is 5.57. The van der Waals surface area contributed by atoms with Crippen molar-refractivity contribution in [3.63, 3.8) is 0 Å². The van der Waals surface area contributed by atoms with Crippen LogP contribution < -0.4 is 15.4 Å². The molecule has 2 amide bonds. The Kier molecular flexibility index (Phi) is 7.85. The van der Waals surface area contributed by atoms with E-state index in [1.165, 1.54) is 0 Å². The average Bonchev–Trinajstić information content (AvgIpc) is 2.79. The first-order valence-corrected chi connectivity index (χ1v) is 10.7. The van der Waals surface area contributed by atoms with Crippen molar-refractivity contribution in [1.29, 1.82) is 0 Å². The van der Waals surface area contributed by atoms with Crippen LogP contribution in [0, 0.1) is 5.92 Å². The van der Waals surface area contributed by atoms with Gasteiger partial charge in [0.2, 0.25) is 11.8 Å². The lowest BCUT2D eigenvalue weighted by Crippen LogP contribution is -2.48. The van der Waals surface area contributed by atoms with Crippen LogP contribution in [0.1, 0.15) is 32.3 Å². The van der Waals surface area contributed by atoms with Crippen LogP contribution in [0.15, 0.2) is 54.6 Å². The maximum absolute atomic E-state index is 12.6. The topological polar surface area (TPSA) is 70.7 Å². The van der Waals surface area contributed by atoms with Crippen molar-refractivity contribution in [2.45, 2.75) is 39.3 Å². The summed E-state index contributed by atoms with van der Waals surface area (Å²) < 4.78 is 5.43. The minimum atomic E-state index is -0.245. The van der Waals surface area contributed by atoms with Gasteiger partial charge in [0.15, 0.2) is 0 Å². The lowest BCUT2D eigenvalue weighted by atomic mass is 9.94. The number of carbonyl (C=O) groups excluding carboxylic acids is 2. The molecule has 1 aliphatic heterocycles. The first-order valence-electron chi connectivity index (χ1n) is 10.7. The molecule has 1 fully saturated rings. The van der Waals surface area contributed by atoms with Gasteiger partial charge in [-0.15, -0.1) is 0 Å². The van der Waals surface area contributed by atoms with Crippen molar-refractivity contribution < 1.29 is 14.3 Å². The first kappa shape index (κ1) is 21.8. The molecule has 6 heteroatoms. The van der Waals surface area contributed by atoms with Gasteiger partial charge in [-0.25, -0.2) is 0 Å². The summed E-state index contributed by atoms with van der Waals surface area (Å²) in [6, 6.07) is 17.1. The number of anilines is 1. The van der Waals surface area contributed by atoms with E-state index in [9.17, 15) is 9.59 Å². The molecule has 0 saturated carbocycles. The molecular weight excluding hydrogens is 378 g/mol. The Bertz CT molecular complexity index is 815. The summed E-state index contributed by atoms with van der Waals surface area (Å²) in [5, 5.41) is 6.00. The molecule has 6 nitrogen and oxygen atoms in total. The summed E-state index contributed by atoms with van der Waals surface area (Å²) in [5.41, 5.74) is 1.85. The van der Waals surface area contributed by atoms with E-state index >= 15 is 0 Å². The van der Waals surface area contributed by atoms with Crippen LogP contribution in [0.25, 0.3) is 0 Å². The molecule has 160 valence electrons. The molecule has 0 radical (unpaired) electrons. The molecule has 1 unspecified atom stereocenters. The summed E-state index contributed by atoms with van der Waals surface area (Å²) in [6.07, 6.45) is 1.53. The second-order valence-electron chi connectivity index (χ2n) is 7.64. The van der Waals surface area contributed by atoms with Gasteiger partial charge in [-0.05, 0) is 69.6 Å². The highest BCUT2D eigenvalue weighted by molar-refractivity contribution is 5.94. The molecule has 3 rings (SSSR count). The minimum Gasteiger partial charge on any atom is -0.494 e. The van der Waals surface area contributed by atoms with E-state index in [-0.39, 0.29) is 23.8 Å². The minimum absolute atomic E-state index is 0.00586. The van der Waals surface area contributed by atoms with Gasteiger partial charge in [0, 0.05) is 18.2 Å². The maximum Gasteiger partial charge on any atom is 0.241 e. The standard InChI is InChI=1S/C24H31N3O3/c1-3-30-22-11-9-21(10-12-22)26-23(28)18(2)27-15-13-20(14-16-27)24(29)25-17-19-7-5-4-6-8-19/h4-12,18,20H,3,13-17H2,1-2H3,(H,25,29)(H,26,28). The first-order chi connectivity index (χ1) is 14.6. The van der Waals surface area contributed by atoms with Crippen LogP contribution in [-0.4, -0.2) is 42.5 Å². The Morgan fingerprint density at radius 1 is 1.07 bits per heavy atom. The van der Waals surface area contributed by atoms with E-state index in [0.29, 0.717) is 13.2 Å². The number of rotatable bonds is 8. The fourth-order valence-electron chi connectivity index (χ4n) is 3.69. The molecule has 0 aliphatic carbocycles. The van der Waals surface area contributed by atoms with Crippen molar-refractivity contribution in [1.82, 2.24) is 10.2 Å². The normalized spacial score (nSPS) is 15.9. The van der Waals surface area contributed by atoms with E-state index in [2.05, 4.69) is 15.5 Å². The Morgan fingerprint density at radius 2 is 1.73 bits per heavy atom. The number of piperidine rings is 1. The predicted octanol–water partition coefficient (Wildman–Crippen LogP) is 3.44. The van der Waals surface area contributed by atoms with E-state index in [1.54, 1.807) is 0 Å². The van der Waals surface area contributed by atoms with E-state index in [0.717, 1.165) is 42.9 Å². The zero-order valence-corrected chi connectivity index (χ0v) is 17.8. The van der Waals surface area contributed by atoms with Gasteiger partial charge in [-0.2, -0.15) is 0 Å². The zero-order chi connectivity index (χ0) is 21.3. The SMILES string of the molecule is CCOc1ccc(NC(=O)C(C)N2CCC(C(=O)NCc3ccccc3)CC2)cc1. The fraction of sp³-hybridized carbons (Fsp3) is 0.417. The quantitative estimate of drug-likeness (QED) is 0.701. The second kappa shape index (κ2) is 10.8. The van der Waals surface area contributed by atoms with Gasteiger partial charge in [-0.3, -0.25) is 14.5 Å². The number of nitrogens with zero attached hydrogens (tertiary/aromatic N) is 1. The van der Waals surface area contributed by atoms with Crippen molar-refractivity contribution >= 4 is 17.5 Å². The fourth-order valence-corrected chi connectivity index (χ4v) is 3.69. The van der Waals surface area contributed by atoms with Gasteiger partial charge in [0.1, 0.15) is 5.75 Å². The molecule has 0 aromatic heterocycles. The number of likely N-dealkylation sites (tertiary alicyclic amines) is 1. The largest absolute Gasteiger partial charge is 0.494 e. The zero-order valence-electron chi connectivity index (χ0n) is 17.8. The lowest BCUT2D eigenvalue weighted by molar-refractivity contribution is -0.127. The van der Waals surface area contributed by atoms with Crippen LogP contribution in [0.4, 0.5) is 5.69 Å². The van der Waals surface area contributed by atoms with Crippen LogP contribution >= 0.6 is 0 Å². The van der Waals surface area contributed by atoms with Gasteiger partial charge < -0.3 is 15.4 Å². The Morgan fingerprint density at radius 3 is 2.37 bits per heavy atom. The Balaban J connectivity index is 1.43. The summed E-state index contributed by atoms with van der Waals surface area (Å²) in [5.74, 6) is 0.860. The Labute approximate surface area is 178 Å². The number of amides is 2. The second-order valence-corrected chi connectivity index (χ2v) is 7.64. The van der Waals surface area contributed by atoms with Crippen molar-refractivity contribution in [2.75, 3.05) is 25.0 Å². The molecular formula is C24H31N3O3. The van der Waals surface area contributed by atoms with Crippen LogP contribution in [0.5, 0.6) is 5.75 Å². The number of ether oxygens (including phenoxy) is 1. The highest BCUT2D eigenvalue weighted by Gasteiger charge is 2.29. The van der Waals surface area contributed by atoms with Crippen LogP contribution in [0.2, 0.25) is 0 Å². The predicted molar refractivity (Wildman–Crippen MR) is 118 cm³/mol. The van der Waals surface area contributed by atoms with Gasteiger partial charge in [-0.1, -0.05) is 30.3 Å². The monoisotopic (exact) mass is 409 g/mol. The molecule has 30 heavy (non-hydrogen) atoms.